The summed E-state index contributed by atoms with van der Waals surface area (Å²) in [4.78, 5) is 42.9. The number of allylic oxidation sites excluding steroid dienone is 2. The van der Waals surface area contributed by atoms with Crippen molar-refractivity contribution in [1.29, 1.82) is 0 Å². The van der Waals surface area contributed by atoms with Gasteiger partial charge in [-0.1, -0.05) is 199 Å². The fourth-order valence-corrected chi connectivity index (χ4v) is 7.02. The van der Waals surface area contributed by atoms with Crippen LogP contribution < -0.4 is 0 Å². The Kier molecular flexibility index (Phi) is 39.5. The van der Waals surface area contributed by atoms with E-state index in [1.807, 2.05) is 0 Å². The van der Waals surface area contributed by atoms with E-state index in [4.69, 9.17) is 19.3 Å². The predicted molar refractivity (Wildman–Crippen MR) is 221 cm³/mol. The first-order chi connectivity index (χ1) is 25.8. The lowest BCUT2D eigenvalue weighted by Gasteiger charge is -2.18. The first kappa shape index (κ1) is 51.8. The second kappa shape index (κ2) is 40.5. The third-order valence-electron chi connectivity index (χ3n) is 10.0. The predicted octanol–water partition coefficient (Wildman–Crippen LogP) is 13.8. The monoisotopic (exact) mass is 773 g/mol. The molecule has 0 aliphatic rings. The van der Waals surface area contributed by atoms with Crippen molar-refractivity contribution >= 4 is 19.8 Å². The summed E-state index contributed by atoms with van der Waals surface area (Å²) in [5, 5.41) is 0. The highest BCUT2D eigenvalue weighted by molar-refractivity contribution is 7.46. The van der Waals surface area contributed by atoms with Crippen LogP contribution in [0.1, 0.15) is 239 Å². The number of rotatable bonds is 42. The molecule has 53 heavy (non-hydrogen) atoms. The second-order valence-electron chi connectivity index (χ2n) is 15.4. The average molecular weight is 773 g/mol. The number of unbranched alkanes of at least 4 members (excludes halogenated alkanes) is 30. The number of esters is 2. The van der Waals surface area contributed by atoms with Crippen molar-refractivity contribution in [1.82, 2.24) is 0 Å². The molecule has 0 saturated heterocycles. The average Bonchev–Trinajstić information content (AvgIpc) is 3.13. The number of ether oxygens (including phenoxy) is 2. The van der Waals surface area contributed by atoms with Crippen LogP contribution in [-0.2, 0) is 28.2 Å². The number of phosphoric acid groups is 1. The number of hydrogen-bond acceptors (Lipinski definition) is 6. The molecule has 0 aliphatic carbocycles. The molecule has 0 fully saturated rings. The summed E-state index contributed by atoms with van der Waals surface area (Å²) in [6, 6.07) is 0. The maximum Gasteiger partial charge on any atom is 0.469 e. The Labute approximate surface area is 327 Å². The lowest BCUT2D eigenvalue weighted by atomic mass is 10.0. The lowest BCUT2D eigenvalue weighted by Crippen LogP contribution is -2.29. The molecule has 0 aliphatic heterocycles. The molecule has 0 aromatic rings. The largest absolute Gasteiger partial charge is 0.469 e. The van der Waals surface area contributed by atoms with Gasteiger partial charge in [0.2, 0.25) is 0 Å². The van der Waals surface area contributed by atoms with Gasteiger partial charge >= 0.3 is 19.8 Å². The number of hydrogen-bond donors (Lipinski definition) is 2. The molecule has 0 amide bonds. The molecule has 2 N–H and O–H groups in total. The molecule has 0 heterocycles. The highest BCUT2D eigenvalue weighted by Crippen LogP contribution is 2.36. The third kappa shape index (κ3) is 43.4. The molecule has 8 nitrogen and oxygen atoms in total. The molecule has 314 valence electrons. The van der Waals surface area contributed by atoms with Crippen LogP contribution in [-0.4, -0.2) is 41.0 Å². The maximum atomic E-state index is 12.4. The molecule has 0 bridgehead atoms. The van der Waals surface area contributed by atoms with Gasteiger partial charge in [0, 0.05) is 12.8 Å². The van der Waals surface area contributed by atoms with Crippen molar-refractivity contribution in [2.75, 3.05) is 13.2 Å². The molecular weight excluding hydrogens is 687 g/mol. The van der Waals surface area contributed by atoms with Crippen LogP contribution in [0.15, 0.2) is 12.2 Å². The highest BCUT2D eigenvalue weighted by Gasteiger charge is 2.23. The van der Waals surface area contributed by atoms with Gasteiger partial charge in [0.15, 0.2) is 6.10 Å². The summed E-state index contributed by atoms with van der Waals surface area (Å²) < 4.78 is 26.4. The SMILES string of the molecule is CCCCCCCCC/C=C\CCCCCCCCCC(=O)OC(COC(=O)CCCCCCCCCCCCCCCCCCC)COP(=O)(O)O. The molecule has 0 rings (SSSR count). The van der Waals surface area contributed by atoms with Crippen molar-refractivity contribution < 1.29 is 37.9 Å². The Morgan fingerprint density at radius 1 is 0.472 bits per heavy atom. The van der Waals surface area contributed by atoms with Gasteiger partial charge in [0.05, 0.1) is 6.61 Å². The zero-order valence-electron chi connectivity index (χ0n) is 34.7. The van der Waals surface area contributed by atoms with Gasteiger partial charge in [0.25, 0.3) is 0 Å². The van der Waals surface area contributed by atoms with Crippen LogP contribution in [0.2, 0.25) is 0 Å². The van der Waals surface area contributed by atoms with E-state index in [1.165, 1.54) is 161 Å². The number of carbonyl (C=O) groups is 2. The van der Waals surface area contributed by atoms with Gasteiger partial charge in [-0.05, 0) is 38.5 Å². The van der Waals surface area contributed by atoms with Crippen LogP contribution in [0, 0.1) is 0 Å². The summed E-state index contributed by atoms with van der Waals surface area (Å²) in [5.41, 5.74) is 0. The van der Waals surface area contributed by atoms with E-state index in [0.29, 0.717) is 6.42 Å². The Balaban J connectivity index is 3.85. The van der Waals surface area contributed by atoms with E-state index in [0.717, 1.165) is 44.9 Å². The third-order valence-corrected chi connectivity index (χ3v) is 10.5. The molecule has 0 saturated carbocycles. The number of carbonyl (C=O) groups excluding carboxylic acids is 2. The topological polar surface area (TPSA) is 119 Å². The Morgan fingerprint density at radius 3 is 1.15 bits per heavy atom. The smallest absolute Gasteiger partial charge is 0.462 e. The summed E-state index contributed by atoms with van der Waals surface area (Å²) in [7, 11) is -4.75. The van der Waals surface area contributed by atoms with Gasteiger partial charge in [-0.15, -0.1) is 0 Å². The zero-order chi connectivity index (χ0) is 38.9. The molecule has 1 unspecified atom stereocenters. The van der Waals surface area contributed by atoms with Gasteiger partial charge < -0.3 is 19.3 Å². The van der Waals surface area contributed by atoms with Crippen molar-refractivity contribution in [2.45, 2.75) is 245 Å². The first-order valence-electron chi connectivity index (χ1n) is 22.5. The van der Waals surface area contributed by atoms with Crippen LogP contribution in [0.3, 0.4) is 0 Å². The van der Waals surface area contributed by atoms with E-state index in [1.54, 1.807) is 0 Å². The van der Waals surface area contributed by atoms with Crippen molar-refractivity contribution in [3.63, 3.8) is 0 Å². The van der Waals surface area contributed by atoms with Gasteiger partial charge in [-0.2, -0.15) is 0 Å². The van der Waals surface area contributed by atoms with E-state index >= 15 is 0 Å². The molecule has 0 radical (unpaired) electrons. The molecule has 9 heteroatoms. The van der Waals surface area contributed by atoms with E-state index in [9.17, 15) is 14.2 Å². The maximum absolute atomic E-state index is 12.4. The Hall–Kier alpha value is -1.21. The van der Waals surface area contributed by atoms with Gasteiger partial charge in [-0.25, -0.2) is 4.57 Å². The van der Waals surface area contributed by atoms with Gasteiger partial charge in [-0.3, -0.25) is 14.1 Å². The minimum Gasteiger partial charge on any atom is -0.462 e. The van der Waals surface area contributed by atoms with Crippen LogP contribution >= 0.6 is 7.82 Å². The van der Waals surface area contributed by atoms with Gasteiger partial charge in [0.1, 0.15) is 6.61 Å². The van der Waals surface area contributed by atoms with E-state index in [-0.39, 0.29) is 19.4 Å². The summed E-state index contributed by atoms with van der Waals surface area (Å²) in [6.07, 6.45) is 45.0. The van der Waals surface area contributed by atoms with E-state index in [2.05, 4.69) is 30.5 Å². The Morgan fingerprint density at radius 2 is 0.792 bits per heavy atom. The van der Waals surface area contributed by atoms with Crippen LogP contribution in [0.5, 0.6) is 0 Å². The fourth-order valence-electron chi connectivity index (χ4n) is 6.66. The Bertz CT molecular complexity index is 873. The standard InChI is InChI=1S/C44H85O8P/c1-3-5-7-9-11-13-15-17-19-21-23-25-27-29-31-33-35-37-39-44(46)52-42(41-51-53(47,48)49)40-50-43(45)38-36-34-32-30-28-26-24-22-20-18-16-14-12-10-8-6-4-2/h19,21,42H,3-18,20,22-41H2,1-2H3,(H2,47,48,49)/b21-19-. The number of phosphoric ester groups is 1. The highest BCUT2D eigenvalue weighted by atomic mass is 31.2. The van der Waals surface area contributed by atoms with Crippen LogP contribution in [0.4, 0.5) is 0 Å². The fraction of sp³-hybridized carbons (Fsp3) is 0.909. The van der Waals surface area contributed by atoms with Crippen LogP contribution in [0.25, 0.3) is 0 Å². The minimum absolute atomic E-state index is 0.211. The van der Waals surface area contributed by atoms with E-state index < -0.39 is 32.5 Å². The van der Waals surface area contributed by atoms with Crippen molar-refractivity contribution in [2.24, 2.45) is 0 Å². The summed E-state index contributed by atoms with van der Waals surface area (Å²) in [6.45, 7) is 3.71. The molecule has 1 atom stereocenters. The minimum atomic E-state index is -4.75. The molecule has 0 spiro atoms. The summed E-state index contributed by atoms with van der Waals surface area (Å²) in [5.74, 6) is -0.875. The lowest BCUT2D eigenvalue weighted by molar-refractivity contribution is -0.161. The normalized spacial score (nSPS) is 12.5. The van der Waals surface area contributed by atoms with Crippen molar-refractivity contribution in [3.05, 3.63) is 12.2 Å². The first-order valence-corrected chi connectivity index (χ1v) is 24.0. The zero-order valence-corrected chi connectivity index (χ0v) is 35.6. The summed E-state index contributed by atoms with van der Waals surface area (Å²) >= 11 is 0. The molecule has 0 aromatic carbocycles. The second-order valence-corrected chi connectivity index (χ2v) is 16.6. The molecule has 0 aromatic heterocycles. The molecular formula is C44H85O8P. The van der Waals surface area contributed by atoms with Crippen molar-refractivity contribution in [3.8, 4) is 0 Å². The quantitative estimate of drug-likeness (QED) is 0.0272.